The first-order valence-electron chi connectivity index (χ1n) is 7.21. The minimum Gasteiger partial charge on any atom is -0.354 e. The van der Waals surface area contributed by atoms with Gasteiger partial charge in [0.2, 0.25) is 5.95 Å². The number of anilines is 1. The molecule has 0 radical (unpaired) electrons. The molecule has 0 unspecified atom stereocenters. The summed E-state index contributed by atoms with van der Waals surface area (Å²) in [5, 5.41) is 6.68. The van der Waals surface area contributed by atoms with Crippen LogP contribution in [-0.2, 0) is 6.54 Å². The van der Waals surface area contributed by atoms with Crippen LogP contribution in [0.1, 0.15) is 24.8 Å². The highest BCUT2D eigenvalue weighted by molar-refractivity contribution is 5.21. The molecule has 0 atom stereocenters. The topological polar surface area (TPSA) is 49.8 Å². The Morgan fingerprint density at radius 1 is 0.800 bits per heavy atom. The van der Waals surface area contributed by atoms with E-state index >= 15 is 0 Å². The van der Waals surface area contributed by atoms with Crippen LogP contribution in [-0.4, -0.2) is 23.1 Å². The minimum absolute atomic E-state index is 0.717. The molecular weight excluding hydrogens is 248 g/mol. The number of hydrogen-bond acceptors (Lipinski definition) is 4. The average molecular weight is 270 g/mol. The Kier molecular flexibility index (Phi) is 6.54. The Hall–Kier alpha value is -1.94. The van der Waals surface area contributed by atoms with Gasteiger partial charge < -0.3 is 10.6 Å². The maximum absolute atomic E-state index is 4.12. The Morgan fingerprint density at radius 2 is 1.55 bits per heavy atom. The Bertz CT molecular complexity index is 413. The molecule has 0 bridgehead atoms. The Balaban J connectivity index is 1.44. The number of rotatable bonds is 9. The van der Waals surface area contributed by atoms with E-state index in [-0.39, 0.29) is 0 Å². The van der Waals surface area contributed by atoms with Crippen molar-refractivity contribution in [2.75, 3.05) is 18.4 Å². The first-order chi connectivity index (χ1) is 9.95. The lowest BCUT2D eigenvalue weighted by Crippen LogP contribution is -2.15. The lowest BCUT2D eigenvalue weighted by molar-refractivity contribution is 0.610. The van der Waals surface area contributed by atoms with Crippen LogP contribution in [0.4, 0.5) is 5.95 Å². The highest BCUT2D eigenvalue weighted by atomic mass is 15.1. The van der Waals surface area contributed by atoms with E-state index in [0.717, 1.165) is 32.0 Å². The molecule has 20 heavy (non-hydrogen) atoms. The molecule has 1 heterocycles. The summed E-state index contributed by atoms with van der Waals surface area (Å²) < 4.78 is 0. The molecular formula is C16H22N4. The van der Waals surface area contributed by atoms with E-state index in [4.69, 9.17) is 0 Å². The summed E-state index contributed by atoms with van der Waals surface area (Å²) in [6.07, 6.45) is 7.06. The largest absolute Gasteiger partial charge is 0.354 e. The third-order valence-corrected chi connectivity index (χ3v) is 3.05. The molecule has 2 rings (SSSR count). The molecule has 0 aliphatic carbocycles. The summed E-state index contributed by atoms with van der Waals surface area (Å²) in [5.41, 5.74) is 1.34. The fraction of sp³-hybridized carbons (Fsp3) is 0.375. The molecule has 2 aromatic rings. The van der Waals surface area contributed by atoms with Gasteiger partial charge in [-0.25, -0.2) is 9.97 Å². The van der Waals surface area contributed by atoms with Crippen molar-refractivity contribution in [2.24, 2.45) is 0 Å². The molecule has 0 amide bonds. The smallest absolute Gasteiger partial charge is 0.222 e. The van der Waals surface area contributed by atoms with Crippen LogP contribution < -0.4 is 10.6 Å². The molecule has 0 saturated heterocycles. The van der Waals surface area contributed by atoms with Gasteiger partial charge in [0.25, 0.3) is 0 Å². The second kappa shape index (κ2) is 9.04. The number of nitrogens with zero attached hydrogens (tertiary/aromatic N) is 2. The molecule has 1 aromatic carbocycles. The van der Waals surface area contributed by atoms with E-state index in [1.807, 2.05) is 12.1 Å². The normalized spacial score (nSPS) is 10.4. The van der Waals surface area contributed by atoms with Gasteiger partial charge in [-0.15, -0.1) is 0 Å². The Labute approximate surface area is 120 Å². The van der Waals surface area contributed by atoms with Crippen molar-refractivity contribution >= 4 is 5.95 Å². The maximum Gasteiger partial charge on any atom is 0.222 e. The van der Waals surface area contributed by atoms with Crippen LogP contribution in [0, 0.1) is 0 Å². The van der Waals surface area contributed by atoms with E-state index in [1.54, 1.807) is 12.4 Å². The summed E-state index contributed by atoms with van der Waals surface area (Å²) in [4.78, 5) is 8.25. The second-order valence-corrected chi connectivity index (χ2v) is 4.72. The van der Waals surface area contributed by atoms with E-state index < -0.39 is 0 Å². The number of nitrogens with one attached hydrogen (secondary N) is 2. The van der Waals surface area contributed by atoms with Gasteiger partial charge >= 0.3 is 0 Å². The zero-order valence-corrected chi connectivity index (χ0v) is 11.8. The first-order valence-corrected chi connectivity index (χ1v) is 7.21. The predicted octanol–water partition coefficient (Wildman–Crippen LogP) is 2.85. The van der Waals surface area contributed by atoms with Gasteiger partial charge in [-0.2, -0.15) is 0 Å². The zero-order valence-electron chi connectivity index (χ0n) is 11.8. The lowest BCUT2D eigenvalue weighted by atomic mass is 10.2. The molecule has 2 N–H and O–H groups in total. The standard InChI is InChI=1S/C16H22N4/c1-3-8-15(9-4-1)14-17-10-5-2-6-11-18-16-19-12-7-13-20-16/h1,3-4,7-9,12-13,17H,2,5-6,10-11,14H2,(H,18,19,20). The molecule has 4 nitrogen and oxygen atoms in total. The van der Waals surface area contributed by atoms with Gasteiger partial charge in [0.1, 0.15) is 0 Å². The highest BCUT2D eigenvalue weighted by Crippen LogP contribution is 2.00. The number of benzene rings is 1. The van der Waals surface area contributed by atoms with Crippen molar-refractivity contribution in [3.8, 4) is 0 Å². The van der Waals surface area contributed by atoms with Crippen molar-refractivity contribution in [3.63, 3.8) is 0 Å². The van der Waals surface area contributed by atoms with Gasteiger partial charge in [-0.05, 0) is 31.0 Å². The number of unbranched alkanes of at least 4 members (excludes halogenated alkanes) is 2. The lowest BCUT2D eigenvalue weighted by Gasteiger charge is -2.06. The summed E-state index contributed by atoms with van der Waals surface area (Å²) in [5.74, 6) is 0.717. The van der Waals surface area contributed by atoms with E-state index in [9.17, 15) is 0 Å². The monoisotopic (exact) mass is 270 g/mol. The molecule has 4 heteroatoms. The second-order valence-electron chi connectivity index (χ2n) is 4.72. The van der Waals surface area contributed by atoms with E-state index in [0.29, 0.717) is 0 Å². The van der Waals surface area contributed by atoms with Crippen LogP contribution in [0.3, 0.4) is 0 Å². The molecule has 1 aromatic heterocycles. The van der Waals surface area contributed by atoms with Crippen LogP contribution in [0.25, 0.3) is 0 Å². The summed E-state index contributed by atoms with van der Waals surface area (Å²) in [6.45, 7) is 2.95. The van der Waals surface area contributed by atoms with Gasteiger partial charge in [0, 0.05) is 25.5 Å². The minimum atomic E-state index is 0.717. The van der Waals surface area contributed by atoms with Crippen LogP contribution in [0.2, 0.25) is 0 Å². The average Bonchev–Trinajstić information content (AvgIpc) is 2.52. The number of aromatic nitrogens is 2. The third-order valence-electron chi connectivity index (χ3n) is 3.05. The molecule has 0 aliphatic heterocycles. The molecule has 0 saturated carbocycles. The van der Waals surface area contributed by atoms with E-state index in [2.05, 4.69) is 44.9 Å². The van der Waals surface area contributed by atoms with Gasteiger partial charge in [-0.3, -0.25) is 0 Å². The fourth-order valence-corrected chi connectivity index (χ4v) is 1.97. The fourth-order valence-electron chi connectivity index (χ4n) is 1.97. The first kappa shape index (κ1) is 14.5. The van der Waals surface area contributed by atoms with Crippen molar-refractivity contribution in [1.82, 2.24) is 15.3 Å². The number of hydrogen-bond donors (Lipinski definition) is 2. The van der Waals surface area contributed by atoms with Gasteiger partial charge in [0.15, 0.2) is 0 Å². The zero-order chi connectivity index (χ0) is 13.9. The van der Waals surface area contributed by atoms with Crippen LogP contribution in [0.15, 0.2) is 48.8 Å². The van der Waals surface area contributed by atoms with Gasteiger partial charge in [-0.1, -0.05) is 36.8 Å². The van der Waals surface area contributed by atoms with Crippen molar-refractivity contribution in [3.05, 3.63) is 54.4 Å². The highest BCUT2D eigenvalue weighted by Gasteiger charge is 1.94. The predicted molar refractivity (Wildman–Crippen MR) is 82.5 cm³/mol. The molecule has 0 aliphatic rings. The summed E-state index contributed by atoms with van der Waals surface area (Å²) in [6, 6.07) is 12.3. The van der Waals surface area contributed by atoms with Crippen molar-refractivity contribution < 1.29 is 0 Å². The summed E-state index contributed by atoms with van der Waals surface area (Å²) in [7, 11) is 0. The van der Waals surface area contributed by atoms with Crippen LogP contribution in [0.5, 0.6) is 0 Å². The maximum atomic E-state index is 4.12. The third kappa shape index (κ3) is 5.80. The van der Waals surface area contributed by atoms with Gasteiger partial charge in [0.05, 0.1) is 0 Å². The molecule has 0 fully saturated rings. The Morgan fingerprint density at radius 3 is 2.35 bits per heavy atom. The van der Waals surface area contributed by atoms with Crippen molar-refractivity contribution in [2.45, 2.75) is 25.8 Å². The quantitative estimate of drug-likeness (QED) is 0.688. The summed E-state index contributed by atoms with van der Waals surface area (Å²) >= 11 is 0. The SMILES string of the molecule is c1ccc(CNCCCCCNc2ncccn2)cc1. The van der Waals surface area contributed by atoms with E-state index in [1.165, 1.54) is 18.4 Å². The molecule has 106 valence electrons. The van der Waals surface area contributed by atoms with Crippen molar-refractivity contribution in [1.29, 1.82) is 0 Å². The molecule has 0 spiro atoms. The van der Waals surface area contributed by atoms with Crippen LogP contribution >= 0.6 is 0 Å².